The van der Waals surface area contributed by atoms with Gasteiger partial charge in [-0.05, 0) is 19.3 Å². The Bertz CT molecular complexity index is 281. The lowest BCUT2D eigenvalue weighted by Crippen LogP contribution is -2.45. The van der Waals surface area contributed by atoms with E-state index in [-0.39, 0.29) is 18.0 Å². The molecule has 96 valence electrons. The average Bonchev–Trinajstić information content (AvgIpc) is 3.10. The Morgan fingerprint density at radius 3 is 2.76 bits per heavy atom. The molecular weight excluding hydrogens is 214 g/mol. The van der Waals surface area contributed by atoms with Gasteiger partial charge in [0.25, 0.3) is 0 Å². The van der Waals surface area contributed by atoms with E-state index in [9.17, 15) is 4.79 Å². The summed E-state index contributed by atoms with van der Waals surface area (Å²) >= 11 is 0. The monoisotopic (exact) mass is 237 g/mol. The average molecular weight is 237 g/mol. The van der Waals surface area contributed by atoms with E-state index in [2.05, 4.69) is 23.5 Å². The molecule has 1 rings (SSSR count). The number of hydrogen-bond donors (Lipinski definition) is 3. The molecule has 0 saturated heterocycles. The first-order valence-electron chi connectivity index (χ1n) is 6.41. The van der Waals surface area contributed by atoms with Crippen LogP contribution in [-0.4, -0.2) is 30.6 Å². The fraction of sp³-hybridized carbons (Fsp3) is 0.769. The van der Waals surface area contributed by atoms with E-state index in [0.717, 1.165) is 25.7 Å². The van der Waals surface area contributed by atoms with E-state index < -0.39 is 0 Å². The third-order valence-corrected chi connectivity index (χ3v) is 2.87. The van der Waals surface area contributed by atoms with Gasteiger partial charge in [0, 0.05) is 25.0 Å². The number of hydrogen-bond acceptors (Lipinski definition) is 3. The number of nitrogens with two attached hydrogens (primary N) is 1. The highest BCUT2D eigenvalue weighted by Gasteiger charge is 2.24. The highest BCUT2D eigenvalue weighted by molar-refractivity contribution is 5.77. The zero-order chi connectivity index (χ0) is 12.7. The first-order valence-corrected chi connectivity index (χ1v) is 6.41. The van der Waals surface area contributed by atoms with E-state index in [1.165, 1.54) is 0 Å². The van der Waals surface area contributed by atoms with Gasteiger partial charge in [-0.15, -0.1) is 6.42 Å². The fourth-order valence-corrected chi connectivity index (χ4v) is 1.74. The summed E-state index contributed by atoms with van der Waals surface area (Å²) in [6.45, 7) is 2.52. The second kappa shape index (κ2) is 7.31. The van der Waals surface area contributed by atoms with Crippen LogP contribution in [0.3, 0.4) is 0 Å². The summed E-state index contributed by atoms with van der Waals surface area (Å²) in [5, 5.41) is 6.21. The van der Waals surface area contributed by atoms with Crippen molar-refractivity contribution in [2.75, 3.05) is 6.54 Å². The molecule has 0 aromatic heterocycles. The van der Waals surface area contributed by atoms with Crippen LogP contribution < -0.4 is 16.4 Å². The van der Waals surface area contributed by atoms with Crippen molar-refractivity contribution in [2.45, 2.75) is 57.2 Å². The predicted molar refractivity (Wildman–Crippen MR) is 69.3 cm³/mol. The van der Waals surface area contributed by atoms with Gasteiger partial charge < -0.3 is 11.1 Å². The smallest absolute Gasteiger partial charge is 0.221 e. The molecule has 17 heavy (non-hydrogen) atoms. The van der Waals surface area contributed by atoms with Crippen molar-refractivity contribution in [3.05, 3.63) is 0 Å². The van der Waals surface area contributed by atoms with Gasteiger partial charge in [-0.25, -0.2) is 0 Å². The molecule has 1 amide bonds. The van der Waals surface area contributed by atoms with Crippen LogP contribution in [0, 0.1) is 12.3 Å². The summed E-state index contributed by atoms with van der Waals surface area (Å²) in [4.78, 5) is 11.6. The maximum absolute atomic E-state index is 11.6. The normalized spacial score (nSPS) is 18.2. The summed E-state index contributed by atoms with van der Waals surface area (Å²) in [5.74, 6) is 2.77. The van der Waals surface area contributed by atoms with Crippen molar-refractivity contribution < 1.29 is 4.79 Å². The third kappa shape index (κ3) is 5.71. The third-order valence-electron chi connectivity index (χ3n) is 2.87. The largest absolute Gasteiger partial charge is 0.353 e. The van der Waals surface area contributed by atoms with Crippen LogP contribution in [0.15, 0.2) is 0 Å². The molecule has 0 aromatic carbocycles. The minimum Gasteiger partial charge on any atom is -0.353 e. The molecule has 0 aliphatic heterocycles. The summed E-state index contributed by atoms with van der Waals surface area (Å²) in [6.07, 6.45) is 9.99. The van der Waals surface area contributed by atoms with E-state index >= 15 is 0 Å². The molecule has 2 unspecified atom stereocenters. The molecular formula is C13H23N3O. The Morgan fingerprint density at radius 2 is 2.29 bits per heavy atom. The van der Waals surface area contributed by atoms with Gasteiger partial charge in [-0.1, -0.05) is 19.3 Å². The molecule has 0 radical (unpaired) electrons. The first-order chi connectivity index (χ1) is 8.19. The minimum atomic E-state index is -0.0265. The number of carbonyl (C=O) groups excluding carboxylic acids is 1. The van der Waals surface area contributed by atoms with E-state index in [0.29, 0.717) is 19.0 Å². The SMILES string of the molecule is C#CC(CCC)NC(CN)CC(=O)NC1CC1. The highest BCUT2D eigenvalue weighted by atomic mass is 16.1. The van der Waals surface area contributed by atoms with Crippen LogP contribution >= 0.6 is 0 Å². The minimum absolute atomic E-state index is 0.0160. The Hall–Kier alpha value is -1.05. The van der Waals surface area contributed by atoms with Crippen LogP contribution in [0.1, 0.15) is 39.0 Å². The molecule has 1 fully saturated rings. The molecule has 0 heterocycles. The molecule has 4 N–H and O–H groups in total. The van der Waals surface area contributed by atoms with E-state index in [1.54, 1.807) is 0 Å². The van der Waals surface area contributed by atoms with Crippen molar-refractivity contribution in [1.82, 2.24) is 10.6 Å². The van der Waals surface area contributed by atoms with Gasteiger partial charge in [-0.3, -0.25) is 10.1 Å². The van der Waals surface area contributed by atoms with Crippen molar-refractivity contribution in [1.29, 1.82) is 0 Å². The molecule has 1 saturated carbocycles. The predicted octanol–water partition coefficient (Wildman–Crippen LogP) is 0.374. The standard InChI is InChI=1S/C13H23N3O/c1-3-5-10(4-2)15-12(9-14)8-13(17)16-11-6-7-11/h2,10-12,15H,3,5-9,14H2,1H3,(H,16,17). The molecule has 1 aliphatic rings. The summed E-state index contributed by atoms with van der Waals surface area (Å²) in [5.41, 5.74) is 5.66. The number of amides is 1. The molecule has 2 atom stereocenters. The van der Waals surface area contributed by atoms with Gasteiger partial charge in [0.15, 0.2) is 0 Å². The van der Waals surface area contributed by atoms with Crippen LogP contribution in [0.2, 0.25) is 0 Å². The summed E-state index contributed by atoms with van der Waals surface area (Å²) < 4.78 is 0. The quantitative estimate of drug-likeness (QED) is 0.534. The Labute approximate surface area is 104 Å². The number of rotatable bonds is 8. The van der Waals surface area contributed by atoms with Crippen molar-refractivity contribution in [3.8, 4) is 12.3 Å². The fourth-order valence-electron chi connectivity index (χ4n) is 1.74. The zero-order valence-electron chi connectivity index (χ0n) is 10.5. The topological polar surface area (TPSA) is 67.1 Å². The second-order valence-corrected chi connectivity index (χ2v) is 4.65. The van der Waals surface area contributed by atoms with Gasteiger partial charge in [0.05, 0.1) is 6.04 Å². The lowest BCUT2D eigenvalue weighted by atomic mass is 10.1. The lowest BCUT2D eigenvalue weighted by Gasteiger charge is -2.20. The Morgan fingerprint density at radius 1 is 1.59 bits per heavy atom. The molecule has 4 heteroatoms. The number of nitrogens with one attached hydrogen (secondary N) is 2. The van der Waals surface area contributed by atoms with Gasteiger partial charge in [0.1, 0.15) is 0 Å². The maximum atomic E-state index is 11.6. The van der Waals surface area contributed by atoms with Crippen LogP contribution in [0.4, 0.5) is 0 Å². The summed E-state index contributed by atoms with van der Waals surface area (Å²) in [6, 6.07) is 0.392. The summed E-state index contributed by atoms with van der Waals surface area (Å²) in [7, 11) is 0. The molecule has 0 aromatic rings. The van der Waals surface area contributed by atoms with Crippen molar-refractivity contribution >= 4 is 5.91 Å². The molecule has 4 nitrogen and oxygen atoms in total. The Kier molecular flexibility index (Phi) is 6.03. The Balaban J connectivity index is 2.30. The second-order valence-electron chi connectivity index (χ2n) is 4.65. The van der Waals surface area contributed by atoms with Gasteiger partial charge in [0.2, 0.25) is 5.91 Å². The van der Waals surface area contributed by atoms with Gasteiger partial charge in [-0.2, -0.15) is 0 Å². The number of terminal acetylenes is 1. The van der Waals surface area contributed by atoms with Crippen molar-refractivity contribution in [3.63, 3.8) is 0 Å². The highest BCUT2D eigenvalue weighted by Crippen LogP contribution is 2.18. The number of carbonyl (C=O) groups is 1. The first kappa shape index (κ1) is 14.0. The van der Waals surface area contributed by atoms with Crippen LogP contribution in [0.5, 0.6) is 0 Å². The maximum Gasteiger partial charge on any atom is 0.221 e. The van der Waals surface area contributed by atoms with Gasteiger partial charge >= 0.3 is 0 Å². The lowest BCUT2D eigenvalue weighted by molar-refractivity contribution is -0.121. The molecule has 0 spiro atoms. The zero-order valence-corrected chi connectivity index (χ0v) is 10.5. The van der Waals surface area contributed by atoms with E-state index in [4.69, 9.17) is 12.2 Å². The molecule has 1 aliphatic carbocycles. The van der Waals surface area contributed by atoms with Crippen LogP contribution in [0.25, 0.3) is 0 Å². The van der Waals surface area contributed by atoms with E-state index in [1.807, 2.05) is 0 Å². The van der Waals surface area contributed by atoms with Crippen molar-refractivity contribution in [2.24, 2.45) is 5.73 Å². The van der Waals surface area contributed by atoms with Crippen LogP contribution in [-0.2, 0) is 4.79 Å². The molecule has 0 bridgehead atoms.